The highest BCUT2D eigenvalue weighted by Crippen LogP contribution is 2.25. The zero-order valence-corrected chi connectivity index (χ0v) is 17.2. The van der Waals surface area contributed by atoms with Crippen molar-refractivity contribution in [1.82, 2.24) is 10.6 Å². The Morgan fingerprint density at radius 1 is 1.33 bits per heavy atom. The number of nitrogens with one attached hydrogen (secondary N) is 2. The van der Waals surface area contributed by atoms with Gasteiger partial charge in [0.2, 0.25) is 0 Å². The van der Waals surface area contributed by atoms with Crippen molar-refractivity contribution in [3.05, 3.63) is 29.8 Å². The van der Waals surface area contributed by atoms with Crippen molar-refractivity contribution in [3.8, 4) is 5.75 Å². The van der Waals surface area contributed by atoms with Crippen molar-refractivity contribution in [2.45, 2.75) is 44.6 Å². The van der Waals surface area contributed by atoms with Gasteiger partial charge in [-0.2, -0.15) is 0 Å². The maximum Gasteiger partial charge on any atom is 0.191 e. The minimum atomic E-state index is -0.0451. The van der Waals surface area contributed by atoms with Crippen LogP contribution in [0.4, 0.5) is 0 Å². The van der Waals surface area contributed by atoms with Crippen molar-refractivity contribution < 1.29 is 14.2 Å². The first-order chi connectivity index (χ1) is 13.0. The molecule has 1 aliphatic rings. The van der Waals surface area contributed by atoms with Crippen molar-refractivity contribution in [2.75, 3.05) is 47.1 Å². The Kier molecular flexibility index (Phi) is 8.88. The molecule has 6 heteroatoms. The number of rotatable bonds is 10. The van der Waals surface area contributed by atoms with Crippen LogP contribution in [0.3, 0.4) is 0 Å². The quantitative estimate of drug-likeness (QED) is 0.373. The van der Waals surface area contributed by atoms with E-state index in [9.17, 15) is 0 Å². The molecule has 27 heavy (non-hydrogen) atoms. The second-order valence-corrected chi connectivity index (χ2v) is 7.53. The highest BCUT2D eigenvalue weighted by molar-refractivity contribution is 5.79. The van der Waals surface area contributed by atoms with Crippen LogP contribution in [0.5, 0.6) is 5.75 Å². The summed E-state index contributed by atoms with van der Waals surface area (Å²) in [5, 5.41) is 6.77. The Morgan fingerprint density at radius 3 is 2.89 bits per heavy atom. The molecule has 152 valence electrons. The molecule has 0 spiro atoms. The molecule has 0 aliphatic carbocycles. The fraction of sp³-hybridized carbons (Fsp3) is 0.667. The number of hydrogen-bond donors (Lipinski definition) is 2. The van der Waals surface area contributed by atoms with Crippen LogP contribution >= 0.6 is 0 Å². The summed E-state index contributed by atoms with van der Waals surface area (Å²) in [6.07, 6.45) is 3.51. The molecule has 6 nitrogen and oxygen atoms in total. The zero-order valence-electron chi connectivity index (χ0n) is 17.2. The van der Waals surface area contributed by atoms with Crippen LogP contribution in [0.25, 0.3) is 0 Å². The molecular weight excluding hydrogens is 342 g/mol. The molecule has 1 aliphatic heterocycles. The molecule has 1 atom stereocenters. The van der Waals surface area contributed by atoms with Crippen molar-refractivity contribution in [2.24, 2.45) is 4.99 Å². The van der Waals surface area contributed by atoms with Gasteiger partial charge in [-0.15, -0.1) is 0 Å². The molecular formula is C21H35N3O3. The molecule has 2 N–H and O–H groups in total. The first-order valence-corrected chi connectivity index (χ1v) is 9.83. The molecule has 1 saturated heterocycles. The zero-order chi connectivity index (χ0) is 19.5. The second-order valence-electron chi connectivity index (χ2n) is 7.53. The first kappa shape index (κ1) is 21.5. The van der Waals surface area contributed by atoms with E-state index in [0.29, 0.717) is 12.7 Å². The van der Waals surface area contributed by atoms with Crippen molar-refractivity contribution in [1.29, 1.82) is 0 Å². The third kappa shape index (κ3) is 7.39. The number of guanidine groups is 1. The molecule has 0 amide bonds. The Bertz CT molecular complexity index is 584. The number of ether oxygens (including phenoxy) is 3. The monoisotopic (exact) mass is 377 g/mol. The topological polar surface area (TPSA) is 64.1 Å². The van der Waals surface area contributed by atoms with Gasteiger partial charge in [-0.1, -0.05) is 26.0 Å². The third-order valence-electron chi connectivity index (χ3n) is 4.86. The minimum Gasteiger partial charge on any atom is -0.497 e. The highest BCUT2D eigenvalue weighted by atomic mass is 16.5. The van der Waals surface area contributed by atoms with Gasteiger partial charge in [0.05, 0.1) is 19.8 Å². The average Bonchev–Trinajstić information content (AvgIpc) is 3.20. The van der Waals surface area contributed by atoms with E-state index in [1.165, 1.54) is 5.56 Å². The molecule has 0 radical (unpaired) electrons. The summed E-state index contributed by atoms with van der Waals surface area (Å²) in [5.74, 6) is 1.69. The SMILES string of the molecule is CN=C(NCCCOCC1CCCO1)NCC(C)(C)c1cccc(OC)c1. The predicted molar refractivity (Wildman–Crippen MR) is 110 cm³/mol. The highest BCUT2D eigenvalue weighted by Gasteiger charge is 2.21. The fourth-order valence-electron chi connectivity index (χ4n) is 3.04. The minimum absolute atomic E-state index is 0.0451. The van der Waals surface area contributed by atoms with Crippen LogP contribution in [0.1, 0.15) is 38.7 Å². The Balaban J connectivity index is 1.66. The predicted octanol–water partition coefficient (Wildman–Crippen LogP) is 2.72. The number of hydrogen-bond acceptors (Lipinski definition) is 4. The fourth-order valence-corrected chi connectivity index (χ4v) is 3.04. The molecule has 1 unspecified atom stereocenters. The van der Waals surface area contributed by atoms with Crippen LogP contribution in [-0.4, -0.2) is 59.1 Å². The lowest BCUT2D eigenvalue weighted by molar-refractivity contribution is 0.0168. The number of benzene rings is 1. The van der Waals surface area contributed by atoms with Gasteiger partial charge in [-0.3, -0.25) is 4.99 Å². The van der Waals surface area contributed by atoms with Crippen molar-refractivity contribution >= 4 is 5.96 Å². The Labute approximate surface area is 163 Å². The molecule has 1 aromatic carbocycles. The van der Waals surface area contributed by atoms with E-state index in [1.54, 1.807) is 14.2 Å². The molecule has 1 aromatic rings. The lowest BCUT2D eigenvalue weighted by Crippen LogP contribution is -2.43. The Hall–Kier alpha value is -1.79. The van der Waals surface area contributed by atoms with Gasteiger partial charge in [0, 0.05) is 38.8 Å². The molecule has 2 rings (SSSR count). The van der Waals surface area contributed by atoms with Crippen LogP contribution in [-0.2, 0) is 14.9 Å². The number of nitrogens with zero attached hydrogens (tertiary/aromatic N) is 1. The van der Waals surface area contributed by atoms with Gasteiger partial charge in [-0.25, -0.2) is 0 Å². The summed E-state index contributed by atoms with van der Waals surface area (Å²) in [7, 11) is 3.49. The van der Waals surface area contributed by atoms with E-state index in [2.05, 4.69) is 41.6 Å². The van der Waals surface area contributed by atoms with Gasteiger partial charge in [-0.05, 0) is 37.0 Å². The summed E-state index contributed by atoms with van der Waals surface area (Å²) >= 11 is 0. The summed E-state index contributed by atoms with van der Waals surface area (Å²) in [6, 6.07) is 8.21. The molecule has 0 aromatic heterocycles. The second kappa shape index (κ2) is 11.1. The maximum absolute atomic E-state index is 5.69. The van der Waals surface area contributed by atoms with Crippen LogP contribution in [0.2, 0.25) is 0 Å². The Morgan fingerprint density at radius 2 is 2.19 bits per heavy atom. The normalized spacial score (nSPS) is 17.8. The first-order valence-electron chi connectivity index (χ1n) is 9.83. The smallest absolute Gasteiger partial charge is 0.191 e. The standard InChI is InChI=1S/C21H35N3O3/c1-21(2,17-8-5-9-18(14-17)25-4)16-24-20(22-3)23-11-7-12-26-15-19-10-6-13-27-19/h5,8-9,14,19H,6-7,10-13,15-16H2,1-4H3,(H2,22,23,24). The lowest BCUT2D eigenvalue weighted by atomic mass is 9.84. The molecule has 1 fully saturated rings. The number of methoxy groups -OCH3 is 1. The van der Waals surface area contributed by atoms with E-state index in [0.717, 1.165) is 57.3 Å². The molecule has 0 bridgehead atoms. The number of aliphatic imine (C=N–C) groups is 1. The van der Waals surface area contributed by atoms with Gasteiger partial charge >= 0.3 is 0 Å². The van der Waals surface area contributed by atoms with E-state index in [4.69, 9.17) is 14.2 Å². The van der Waals surface area contributed by atoms with Crippen LogP contribution < -0.4 is 15.4 Å². The van der Waals surface area contributed by atoms with E-state index in [-0.39, 0.29) is 5.41 Å². The van der Waals surface area contributed by atoms with Gasteiger partial charge in [0.25, 0.3) is 0 Å². The van der Waals surface area contributed by atoms with E-state index < -0.39 is 0 Å². The summed E-state index contributed by atoms with van der Waals surface area (Å²) in [4.78, 5) is 4.31. The lowest BCUT2D eigenvalue weighted by Gasteiger charge is -2.27. The molecule has 1 heterocycles. The summed E-state index contributed by atoms with van der Waals surface area (Å²) < 4.78 is 16.6. The van der Waals surface area contributed by atoms with Gasteiger partial charge in [0.1, 0.15) is 5.75 Å². The van der Waals surface area contributed by atoms with Gasteiger partial charge in [0.15, 0.2) is 5.96 Å². The van der Waals surface area contributed by atoms with E-state index >= 15 is 0 Å². The van der Waals surface area contributed by atoms with Crippen LogP contribution in [0, 0.1) is 0 Å². The summed E-state index contributed by atoms with van der Waals surface area (Å²) in [6.45, 7) is 8.34. The van der Waals surface area contributed by atoms with Crippen molar-refractivity contribution in [3.63, 3.8) is 0 Å². The third-order valence-corrected chi connectivity index (χ3v) is 4.86. The maximum atomic E-state index is 5.69. The van der Waals surface area contributed by atoms with E-state index in [1.807, 2.05) is 12.1 Å². The largest absolute Gasteiger partial charge is 0.497 e. The van der Waals surface area contributed by atoms with Gasteiger partial charge < -0.3 is 24.8 Å². The average molecular weight is 378 g/mol. The summed E-state index contributed by atoms with van der Waals surface area (Å²) in [5.41, 5.74) is 1.18. The molecule has 0 saturated carbocycles. The van der Waals surface area contributed by atoms with Crippen LogP contribution in [0.15, 0.2) is 29.3 Å².